The van der Waals surface area contributed by atoms with Crippen LogP contribution in [-0.2, 0) is 28.6 Å². The molecule has 6 nitrogen and oxygen atoms in total. The van der Waals surface area contributed by atoms with Crippen molar-refractivity contribution in [2.45, 2.75) is 399 Å². The van der Waals surface area contributed by atoms with E-state index in [1.165, 1.54) is 263 Å². The fourth-order valence-corrected chi connectivity index (χ4v) is 10.9. The predicted octanol–water partition coefficient (Wildman–Crippen LogP) is 25.5. The zero-order valence-corrected chi connectivity index (χ0v) is 55.7. The zero-order valence-electron chi connectivity index (χ0n) is 55.7. The first kappa shape index (κ1) is 80.1. The lowest BCUT2D eigenvalue weighted by Crippen LogP contribution is -2.30. The van der Waals surface area contributed by atoms with E-state index in [1.807, 2.05) is 0 Å². The maximum atomic E-state index is 12.9. The molecule has 0 aromatic carbocycles. The molecule has 0 aliphatic rings. The molecule has 1 atom stereocenters. The molecule has 0 aliphatic heterocycles. The Labute approximate surface area is 517 Å². The number of esters is 3. The van der Waals surface area contributed by atoms with Crippen LogP contribution in [0.15, 0.2) is 60.8 Å². The van der Waals surface area contributed by atoms with Gasteiger partial charge in [0, 0.05) is 19.3 Å². The van der Waals surface area contributed by atoms with Crippen LogP contribution < -0.4 is 0 Å². The van der Waals surface area contributed by atoms with Crippen LogP contribution in [0.25, 0.3) is 0 Å². The molecule has 0 N–H and O–H groups in total. The number of carbonyl (C=O) groups is 3. The molecule has 1 unspecified atom stereocenters. The second-order valence-electron chi connectivity index (χ2n) is 24.8. The van der Waals surface area contributed by atoms with E-state index in [2.05, 4.69) is 81.5 Å². The summed E-state index contributed by atoms with van der Waals surface area (Å²) in [5.41, 5.74) is 0. The molecule has 83 heavy (non-hydrogen) atoms. The summed E-state index contributed by atoms with van der Waals surface area (Å²) in [6, 6.07) is 0. The minimum absolute atomic E-state index is 0.0788. The molecule has 0 rings (SSSR count). The molecule has 0 amide bonds. The van der Waals surface area contributed by atoms with Crippen LogP contribution in [0.3, 0.4) is 0 Å². The largest absolute Gasteiger partial charge is 0.462 e. The van der Waals surface area contributed by atoms with Gasteiger partial charge in [0.15, 0.2) is 6.10 Å². The Bertz CT molecular complexity index is 1470. The molecule has 6 heteroatoms. The topological polar surface area (TPSA) is 78.9 Å². The van der Waals surface area contributed by atoms with E-state index < -0.39 is 6.10 Å². The number of carbonyl (C=O) groups excluding carboxylic acids is 3. The molecular weight excluding hydrogens is 1020 g/mol. The summed E-state index contributed by atoms with van der Waals surface area (Å²) in [6.45, 7) is 6.65. The molecule has 0 fully saturated rings. The smallest absolute Gasteiger partial charge is 0.306 e. The Hall–Kier alpha value is -2.89. The van der Waals surface area contributed by atoms with E-state index in [-0.39, 0.29) is 31.1 Å². The summed E-state index contributed by atoms with van der Waals surface area (Å²) >= 11 is 0. The van der Waals surface area contributed by atoms with Crippen molar-refractivity contribution in [3.63, 3.8) is 0 Å². The molecule has 0 aliphatic carbocycles. The van der Waals surface area contributed by atoms with Crippen molar-refractivity contribution < 1.29 is 28.6 Å². The summed E-state index contributed by atoms with van der Waals surface area (Å²) in [4.78, 5) is 38.5. The fourth-order valence-electron chi connectivity index (χ4n) is 10.9. The van der Waals surface area contributed by atoms with Crippen molar-refractivity contribution in [3.05, 3.63) is 60.8 Å². The molecule has 0 aromatic rings. The summed E-state index contributed by atoms with van der Waals surface area (Å²) in [5, 5.41) is 0. The number of rotatable bonds is 68. The van der Waals surface area contributed by atoms with Crippen LogP contribution in [0.2, 0.25) is 0 Å². The molecule has 0 aromatic heterocycles. The summed E-state index contributed by atoms with van der Waals surface area (Å²) < 4.78 is 17.0. The standard InChI is InChI=1S/C77H140O6/c1-4-7-10-13-16-19-22-25-28-30-32-33-34-35-36-37-38-39-40-41-42-43-45-46-49-52-55-58-61-64-67-70-76(79)82-73-74(72-81-75(78)69-66-63-60-57-54-51-48-27-24-21-18-15-12-9-6-3)83-77(80)71-68-65-62-59-56-53-50-47-44-31-29-26-23-20-17-14-11-8-5-2/h17,20,26-27,29-30,32,44,47-48,74H,4-16,18-19,21-25,28,31,33-43,45-46,49-73H2,1-3H3/b20-17-,29-26-,32-30-,47-44-,48-27-. The van der Waals surface area contributed by atoms with Gasteiger partial charge in [-0.25, -0.2) is 0 Å². The van der Waals surface area contributed by atoms with Crippen LogP contribution in [-0.4, -0.2) is 37.2 Å². The Morgan fingerprint density at radius 1 is 0.241 bits per heavy atom. The average molecular weight is 1160 g/mol. The molecule has 0 heterocycles. The molecule has 0 radical (unpaired) electrons. The van der Waals surface area contributed by atoms with E-state index in [0.717, 1.165) is 89.9 Å². The number of hydrogen-bond donors (Lipinski definition) is 0. The van der Waals surface area contributed by atoms with Crippen LogP contribution in [0, 0.1) is 0 Å². The third-order valence-electron chi connectivity index (χ3n) is 16.5. The van der Waals surface area contributed by atoms with E-state index >= 15 is 0 Å². The predicted molar refractivity (Wildman–Crippen MR) is 362 cm³/mol. The van der Waals surface area contributed by atoms with Crippen molar-refractivity contribution in [2.75, 3.05) is 13.2 Å². The monoisotopic (exact) mass is 1160 g/mol. The lowest BCUT2D eigenvalue weighted by atomic mass is 10.0. The highest BCUT2D eigenvalue weighted by atomic mass is 16.6. The molecule has 0 bridgehead atoms. The first-order valence-corrected chi connectivity index (χ1v) is 36.8. The van der Waals surface area contributed by atoms with Gasteiger partial charge in [0.25, 0.3) is 0 Å². The Morgan fingerprint density at radius 3 is 0.711 bits per heavy atom. The SMILES string of the molecule is CCCCC/C=C\C/C=C\C/C=C\CCCCCCCCC(=O)OC(COC(=O)CCCCCCC/C=C\CCCCCCCC)COC(=O)CCCCCCCCCCCCCCCCCCCCC/C=C\CCCCCCCCCC. The lowest BCUT2D eigenvalue weighted by molar-refractivity contribution is -0.167. The maximum absolute atomic E-state index is 12.9. The van der Waals surface area contributed by atoms with Crippen LogP contribution in [0.1, 0.15) is 393 Å². The fraction of sp³-hybridized carbons (Fsp3) is 0.831. The zero-order chi connectivity index (χ0) is 59.9. The lowest BCUT2D eigenvalue weighted by Gasteiger charge is -2.18. The molecule has 0 saturated heterocycles. The average Bonchev–Trinajstić information content (AvgIpc) is 3.49. The molecular formula is C77H140O6. The van der Waals surface area contributed by atoms with Crippen molar-refractivity contribution in [1.29, 1.82) is 0 Å². The van der Waals surface area contributed by atoms with Gasteiger partial charge in [0.1, 0.15) is 13.2 Å². The number of allylic oxidation sites excluding steroid dienone is 10. The van der Waals surface area contributed by atoms with Crippen LogP contribution in [0.5, 0.6) is 0 Å². The van der Waals surface area contributed by atoms with Gasteiger partial charge in [0.2, 0.25) is 0 Å². The Balaban J connectivity index is 4.22. The minimum atomic E-state index is -0.785. The minimum Gasteiger partial charge on any atom is -0.462 e. The maximum Gasteiger partial charge on any atom is 0.306 e. The van der Waals surface area contributed by atoms with Gasteiger partial charge >= 0.3 is 17.9 Å². The summed E-state index contributed by atoms with van der Waals surface area (Å²) in [5.74, 6) is -0.877. The van der Waals surface area contributed by atoms with Crippen molar-refractivity contribution in [2.24, 2.45) is 0 Å². The van der Waals surface area contributed by atoms with Gasteiger partial charge < -0.3 is 14.2 Å². The first-order valence-electron chi connectivity index (χ1n) is 36.8. The quantitative estimate of drug-likeness (QED) is 0.0261. The second-order valence-corrected chi connectivity index (χ2v) is 24.8. The summed E-state index contributed by atoms with van der Waals surface area (Å²) in [6.07, 6.45) is 92.6. The van der Waals surface area contributed by atoms with Gasteiger partial charge in [-0.15, -0.1) is 0 Å². The normalized spacial score (nSPS) is 12.4. The highest BCUT2D eigenvalue weighted by Crippen LogP contribution is 2.18. The van der Waals surface area contributed by atoms with E-state index in [4.69, 9.17) is 14.2 Å². The third kappa shape index (κ3) is 69.8. The van der Waals surface area contributed by atoms with E-state index in [9.17, 15) is 14.4 Å². The number of ether oxygens (including phenoxy) is 3. The van der Waals surface area contributed by atoms with Gasteiger partial charge in [-0.2, -0.15) is 0 Å². The highest BCUT2D eigenvalue weighted by Gasteiger charge is 2.19. The van der Waals surface area contributed by atoms with Gasteiger partial charge in [-0.3, -0.25) is 14.4 Å². The van der Waals surface area contributed by atoms with Gasteiger partial charge in [-0.05, 0) is 109 Å². The van der Waals surface area contributed by atoms with E-state index in [0.29, 0.717) is 19.3 Å². The summed E-state index contributed by atoms with van der Waals surface area (Å²) in [7, 11) is 0. The Kier molecular flexibility index (Phi) is 69.1. The van der Waals surface area contributed by atoms with Crippen LogP contribution >= 0.6 is 0 Å². The third-order valence-corrected chi connectivity index (χ3v) is 16.5. The van der Waals surface area contributed by atoms with Crippen molar-refractivity contribution in [1.82, 2.24) is 0 Å². The highest BCUT2D eigenvalue weighted by molar-refractivity contribution is 5.71. The number of unbranched alkanes of at least 4 members (excludes halogenated alkanes) is 47. The molecule has 0 spiro atoms. The Morgan fingerprint density at radius 2 is 0.434 bits per heavy atom. The van der Waals surface area contributed by atoms with Crippen LogP contribution in [0.4, 0.5) is 0 Å². The second kappa shape index (κ2) is 71.6. The van der Waals surface area contributed by atoms with Crippen molar-refractivity contribution in [3.8, 4) is 0 Å². The number of hydrogen-bond acceptors (Lipinski definition) is 6. The molecule has 0 saturated carbocycles. The first-order chi connectivity index (χ1) is 41.0. The molecule has 484 valence electrons. The van der Waals surface area contributed by atoms with E-state index in [1.54, 1.807) is 0 Å². The van der Waals surface area contributed by atoms with Gasteiger partial charge in [0.05, 0.1) is 0 Å². The van der Waals surface area contributed by atoms with Crippen molar-refractivity contribution >= 4 is 17.9 Å². The van der Waals surface area contributed by atoms with Gasteiger partial charge in [-0.1, -0.05) is 326 Å².